The predicted octanol–water partition coefficient (Wildman–Crippen LogP) is 3.33. The number of carbonyl (C=O) groups is 1. The van der Waals surface area contributed by atoms with Crippen molar-refractivity contribution in [3.8, 4) is 0 Å². The van der Waals surface area contributed by atoms with Crippen LogP contribution in [0.1, 0.15) is 37.0 Å². The van der Waals surface area contributed by atoms with Gasteiger partial charge in [0.05, 0.1) is 6.54 Å². The molecule has 0 saturated heterocycles. The topological polar surface area (TPSA) is 78.7 Å². The van der Waals surface area contributed by atoms with E-state index in [4.69, 9.17) is 4.42 Å². The molecule has 7 heteroatoms. The van der Waals surface area contributed by atoms with E-state index in [0.29, 0.717) is 13.1 Å². The molecule has 1 fully saturated rings. The number of fused-ring (bicyclic) bond motifs is 1. The summed E-state index contributed by atoms with van der Waals surface area (Å²) in [7, 11) is 1.75. The Kier molecular flexibility index (Phi) is 8.40. The minimum absolute atomic E-state index is 0. The van der Waals surface area contributed by atoms with Gasteiger partial charge in [-0.25, -0.2) is 0 Å². The standard InChI is InChI=1S/C20H28N4O2.HI/c1-14-16-9-3-4-10-17(16)26-18(14)13-24-20(21-2)23-12-6-11-22-19(25)15-7-5-8-15;/h3-4,9-10,15H,5-8,11-13H2,1-2H3,(H,22,25)(H2,21,23,24);1H. The van der Waals surface area contributed by atoms with Gasteiger partial charge >= 0.3 is 0 Å². The number of furan rings is 1. The number of amides is 1. The largest absolute Gasteiger partial charge is 0.459 e. The zero-order valence-corrected chi connectivity index (χ0v) is 18.3. The zero-order valence-electron chi connectivity index (χ0n) is 16.0. The second-order valence-corrected chi connectivity index (χ2v) is 6.77. The molecule has 1 amide bonds. The summed E-state index contributed by atoms with van der Waals surface area (Å²) in [5.41, 5.74) is 2.06. The third kappa shape index (κ3) is 5.60. The molecular formula is C20H29IN4O2. The number of aliphatic imine (C=N–C) groups is 1. The first-order chi connectivity index (χ1) is 12.7. The number of nitrogens with one attached hydrogen (secondary N) is 3. The van der Waals surface area contributed by atoms with Crippen molar-refractivity contribution in [3.05, 3.63) is 35.6 Å². The number of rotatable bonds is 7. The van der Waals surface area contributed by atoms with Crippen molar-refractivity contribution in [1.29, 1.82) is 0 Å². The fourth-order valence-corrected chi connectivity index (χ4v) is 3.10. The average molecular weight is 484 g/mol. The third-order valence-electron chi connectivity index (χ3n) is 5.00. The fraction of sp³-hybridized carbons (Fsp3) is 0.500. The van der Waals surface area contributed by atoms with Gasteiger partial charge in [0.25, 0.3) is 0 Å². The first kappa shape index (κ1) is 21.5. The molecule has 1 heterocycles. The van der Waals surface area contributed by atoms with Gasteiger partial charge < -0.3 is 20.4 Å². The van der Waals surface area contributed by atoms with Crippen LogP contribution in [0.4, 0.5) is 0 Å². The monoisotopic (exact) mass is 484 g/mol. The molecule has 0 atom stereocenters. The quantitative estimate of drug-likeness (QED) is 0.244. The molecule has 6 nitrogen and oxygen atoms in total. The normalized spacial score (nSPS) is 14.4. The van der Waals surface area contributed by atoms with Crippen molar-refractivity contribution < 1.29 is 9.21 Å². The van der Waals surface area contributed by atoms with E-state index >= 15 is 0 Å². The van der Waals surface area contributed by atoms with Crippen LogP contribution >= 0.6 is 24.0 Å². The summed E-state index contributed by atoms with van der Waals surface area (Å²) in [6.45, 7) is 4.11. The Bertz CT molecular complexity index is 783. The van der Waals surface area contributed by atoms with Crippen LogP contribution in [0.2, 0.25) is 0 Å². The Morgan fingerprint density at radius 3 is 2.59 bits per heavy atom. The van der Waals surface area contributed by atoms with Gasteiger partial charge in [-0.15, -0.1) is 24.0 Å². The lowest BCUT2D eigenvalue weighted by molar-refractivity contribution is -0.127. The summed E-state index contributed by atoms with van der Waals surface area (Å²) in [6.07, 6.45) is 4.14. The minimum atomic E-state index is 0. The van der Waals surface area contributed by atoms with Crippen LogP contribution < -0.4 is 16.0 Å². The van der Waals surface area contributed by atoms with Crippen molar-refractivity contribution in [2.24, 2.45) is 10.9 Å². The van der Waals surface area contributed by atoms with Crippen LogP contribution in [0.15, 0.2) is 33.7 Å². The number of carbonyl (C=O) groups excluding carboxylic acids is 1. The van der Waals surface area contributed by atoms with E-state index < -0.39 is 0 Å². The number of halogens is 1. The van der Waals surface area contributed by atoms with Crippen molar-refractivity contribution >= 4 is 46.8 Å². The molecule has 1 aromatic heterocycles. The zero-order chi connectivity index (χ0) is 18.4. The van der Waals surface area contributed by atoms with Gasteiger partial charge in [-0.05, 0) is 32.3 Å². The molecular weight excluding hydrogens is 455 g/mol. The molecule has 0 spiro atoms. The molecule has 1 aromatic carbocycles. The number of nitrogens with zero attached hydrogens (tertiary/aromatic N) is 1. The summed E-state index contributed by atoms with van der Waals surface area (Å²) < 4.78 is 5.91. The first-order valence-electron chi connectivity index (χ1n) is 9.38. The van der Waals surface area contributed by atoms with Crippen molar-refractivity contribution in [2.75, 3.05) is 20.1 Å². The highest BCUT2D eigenvalue weighted by Gasteiger charge is 2.24. The van der Waals surface area contributed by atoms with Gasteiger partial charge in [0.1, 0.15) is 11.3 Å². The average Bonchev–Trinajstić information content (AvgIpc) is 2.92. The molecule has 0 aliphatic heterocycles. The lowest BCUT2D eigenvalue weighted by Gasteiger charge is -2.24. The number of hydrogen-bond acceptors (Lipinski definition) is 3. The van der Waals surface area contributed by atoms with Crippen molar-refractivity contribution in [1.82, 2.24) is 16.0 Å². The van der Waals surface area contributed by atoms with Crippen LogP contribution in [0.3, 0.4) is 0 Å². The van der Waals surface area contributed by atoms with Crippen molar-refractivity contribution in [2.45, 2.75) is 39.2 Å². The molecule has 3 rings (SSSR count). The summed E-state index contributed by atoms with van der Waals surface area (Å²) in [5, 5.41) is 10.7. The maximum absolute atomic E-state index is 11.8. The van der Waals surface area contributed by atoms with Gasteiger partial charge in [0.15, 0.2) is 5.96 Å². The molecule has 0 radical (unpaired) electrons. The van der Waals surface area contributed by atoms with Gasteiger partial charge in [0.2, 0.25) is 5.91 Å². The summed E-state index contributed by atoms with van der Waals surface area (Å²) in [5.74, 6) is 2.11. The molecule has 27 heavy (non-hydrogen) atoms. The van der Waals surface area contributed by atoms with E-state index in [1.807, 2.05) is 18.2 Å². The highest BCUT2D eigenvalue weighted by molar-refractivity contribution is 14.0. The van der Waals surface area contributed by atoms with E-state index in [0.717, 1.165) is 54.1 Å². The molecule has 148 valence electrons. The summed E-state index contributed by atoms with van der Waals surface area (Å²) in [4.78, 5) is 16.0. The number of guanidine groups is 1. The smallest absolute Gasteiger partial charge is 0.223 e. The van der Waals surface area contributed by atoms with Crippen LogP contribution in [-0.2, 0) is 11.3 Å². The number of para-hydroxylation sites is 1. The van der Waals surface area contributed by atoms with Crippen LogP contribution in [0.5, 0.6) is 0 Å². The molecule has 0 bridgehead atoms. The number of benzene rings is 1. The molecule has 1 saturated carbocycles. The van der Waals surface area contributed by atoms with Gasteiger partial charge in [0, 0.05) is 37.0 Å². The van der Waals surface area contributed by atoms with Crippen LogP contribution in [0.25, 0.3) is 11.0 Å². The molecule has 1 aliphatic carbocycles. The second kappa shape index (κ2) is 10.5. The number of aryl methyl sites for hydroxylation is 1. The van der Waals surface area contributed by atoms with E-state index in [1.54, 1.807) is 7.05 Å². The van der Waals surface area contributed by atoms with E-state index in [1.165, 1.54) is 6.42 Å². The maximum Gasteiger partial charge on any atom is 0.223 e. The summed E-state index contributed by atoms with van der Waals surface area (Å²) >= 11 is 0. The Balaban J connectivity index is 0.00000261. The molecule has 2 aromatic rings. The molecule has 3 N–H and O–H groups in total. The van der Waals surface area contributed by atoms with Gasteiger partial charge in [-0.2, -0.15) is 0 Å². The lowest BCUT2D eigenvalue weighted by atomic mass is 9.85. The molecule has 0 unspecified atom stereocenters. The minimum Gasteiger partial charge on any atom is -0.459 e. The highest BCUT2D eigenvalue weighted by Crippen LogP contribution is 2.26. The third-order valence-corrected chi connectivity index (χ3v) is 5.00. The Labute approximate surface area is 177 Å². The Hall–Kier alpha value is -1.77. The van der Waals surface area contributed by atoms with E-state index in [9.17, 15) is 4.79 Å². The first-order valence-corrected chi connectivity index (χ1v) is 9.38. The van der Waals surface area contributed by atoms with Gasteiger partial charge in [-0.1, -0.05) is 24.6 Å². The Morgan fingerprint density at radius 1 is 1.19 bits per heavy atom. The summed E-state index contributed by atoms with van der Waals surface area (Å²) in [6, 6.07) is 8.05. The van der Waals surface area contributed by atoms with Gasteiger partial charge in [-0.3, -0.25) is 9.79 Å². The van der Waals surface area contributed by atoms with Crippen LogP contribution in [0, 0.1) is 12.8 Å². The van der Waals surface area contributed by atoms with E-state index in [-0.39, 0.29) is 35.8 Å². The highest BCUT2D eigenvalue weighted by atomic mass is 127. The second-order valence-electron chi connectivity index (χ2n) is 6.77. The fourth-order valence-electron chi connectivity index (χ4n) is 3.10. The van der Waals surface area contributed by atoms with E-state index in [2.05, 4.69) is 33.9 Å². The number of hydrogen-bond donors (Lipinski definition) is 3. The maximum atomic E-state index is 11.8. The SMILES string of the molecule is CN=C(NCCCNC(=O)C1CCC1)NCc1oc2ccccc2c1C.I. The van der Waals surface area contributed by atoms with Crippen LogP contribution in [-0.4, -0.2) is 32.0 Å². The Morgan fingerprint density at radius 2 is 1.93 bits per heavy atom. The predicted molar refractivity (Wildman–Crippen MR) is 120 cm³/mol. The van der Waals surface area contributed by atoms with Crippen molar-refractivity contribution in [3.63, 3.8) is 0 Å². The molecule has 1 aliphatic rings. The lowest BCUT2D eigenvalue weighted by Crippen LogP contribution is -2.39.